The minimum atomic E-state index is -1.14. The number of nitrogens with zero attached hydrogens (tertiary/aromatic N) is 1. The molecule has 7 heteroatoms. The normalized spacial score (nSPS) is 19.8. The fourth-order valence-corrected chi connectivity index (χ4v) is 2.72. The van der Waals surface area contributed by atoms with Gasteiger partial charge >= 0.3 is 5.97 Å². The summed E-state index contributed by atoms with van der Waals surface area (Å²) in [7, 11) is 0. The van der Waals surface area contributed by atoms with Gasteiger partial charge < -0.3 is 14.4 Å². The number of hydrogen-bond acceptors (Lipinski definition) is 4. The summed E-state index contributed by atoms with van der Waals surface area (Å²) >= 11 is 0. The van der Waals surface area contributed by atoms with Crippen LogP contribution in [-0.4, -0.2) is 28.4 Å². The van der Waals surface area contributed by atoms with E-state index in [1.807, 2.05) is 0 Å². The number of alkyl halides is 1. The third-order valence-electron chi connectivity index (χ3n) is 4.00. The van der Waals surface area contributed by atoms with Gasteiger partial charge in [-0.25, -0.2) is 13.6 Å². The molecule has 1 aromatic carbocycles. The first-order valence-corrected chi connectivity index (χ1v) is 7.24. The van der Waals surface area contributed by atoms with Crippen molar-refractivity contribution in [3.63, 3.8) is 0 Å². The van der Waals surface area contributed by atoms with Crippen molar-refractivity contribution in [2.24, 2.45) is 0 Å². The van der Waals surface area contributed by atoms with Crippen molar-refractivity contribution in [2.45, 2.75) is 32.5 Å². The number of carbonyl (C=O) groups is 1. The summed E-state index contributed by atoms with van der Waals surface area (Å²) in [6, 6.07) is 0.226. The van der Waals surface area contributed by atoms with E-state index < -0.39 is 35.2 Å². The predicted molar refractivity (Wildman–Crippen MR) is 79.1 cm³/mol. The summed E-state index contributed by atoms with van der Waals surface area (Å²) in [6.45, 7) is 3.10. The van der Waals surface area contributed by atoms with Crippen LogP contribution >= 0.6 is 0 Å². The van der Waals surface area contributed by atoms with Crippen molar-refractivity contribution in [2.75, 3.05) is 6.61 Å². The summed E-state index contributed by atoms with van der Waals surface area (Å²) < 4.78 is 33.6. The quantitative estimate of drug-likeness (QED) is 0.882. The molecule has 1 heterocycles. The highest BCUT2D eigenvalue weighted by Gasteiger charge is 2.40. The van der Waals surface area contributed by atoms with Gasteiger partial charge in [0.2, 0.25) is 5.43 Å². The van der Waals surface area contributed by atoms with Gasteiger partial charge in [0.25, 0.3) is 0 Å². The number of fused-ring (bicyclic) bond motifs is 1. The van der Waals surface area contributed by atoms with E-state index in [-0.39, 0.29) is 35.1 Å². The molecular weight excluding hydrogens is 308 g/mol. The van der Waals surface area contributed by atoms with Gasteiger partial charge in [0, 0.05) is 24.2 Å². The molecule has 1 saturated carbocycles. The Morgan fingerprint density at radius 2 is 2.17 bits per heavy atom. The van der Waals surface area contributed by atoms with Crippen LogP contribution in [0.25, 0.3) is 10.9 Å². The number of hydrogen-bond donors (Lipinski definition) is 1. The van der Waals surface area contributed by atoms with E-state index in [4.69, 9.17) is 4.74 Å². The molecule has 2 atom stereocenters. The van der Waals surface area contributed by atoms with Gasteiger partial charge in [0.1, 0.15) is 23.3 Å². The molecule has 1 aromatic heterocycles. The van der Waals surface area contributed by atoms with Crippen molar-refractivity contribution in [1.82, 2.24) is 4.57 Å². The molecule has 0 bridgehead atoms. The van der Waals surface area contributed by atoms with Gasteiger partial charge in [-0.15, -0.1) is 0 Å². The smallest absolute Gasteiger partial charge is 0.343 e. The molecule has 0 aliphatic heterocycles. The van der Waals surface area contributed by atoms with E-state index in [1.54, 1.807) is 6.92 Å². The number of phenolic OH excluding ortho intramolecular Hbond substituents is 1. The zero-order valence-electron chi connectivity index (χ0n) is 12.6. The fourth-order valence-electron chi connectivity index (χ4n) is 2.72. The van der Waals surface area contributed by atoms with E-state index in [2.05, 4.69) is 0 Å². The number of benzene rings is 1. The molecule has 5 nitrogen and oxygen atoms in total. The Morgan fingerprint density at radius 1 is 1.52 bits per heavy atom. The molecular formula is C16H15F2NO4. The largest absolute Gasteiger partial charge is 0.507 e. The number of ether oxygens (including phenoxy) is 1. The average molecular weight is 323 g/mol. The Morgan fingerprint density at radius 3 is 2.74 bits per heavy atom. The fraction of sp³-hybridized carbons (Fsp3) is 0.375. The number of pyridine rings is 1. The number of rotatable bonds is 3. The Labute approximate surface area is 130 Å². The molecule has 1 fully saturated rings. The lowest BCUT2D eigenvalue weighted by Crippen LogP contribution is -2.21. The third-order valence-corrected chi connectivity index (χ3v) is 4.00. The highest BCUT2D eigenvalue weighted by Crippen LogP contribution is 2.42. The number of halogens is 2. The highest BCUT2D eigenvalue weighted by molar-refractivity contribution is 5.96. The first-order chi connectivity index (χ1) is 10.9. The van der Waals surface area contributed by atoms with E-state index in [9.17, 15) is 23.5 Å². The first-order valence-electron chi connectivity index (χ1n) is 7.24. The number of aromatic nitrogens is 1. The van der Waals surface area contributed by atoms with Crippen molar-refractivity contribution >= 4 is 16.9 Å². The van der Waals surface area contributed by atoms with E-state index >= 15 is 0 Å². The number of phenols is 1. The molecule has 3 rings (SSSR count). The zero-order chi connectivity index (χ0) is 16.9. The second-order valence-corrected chi connectivity index (χ2v) is 5.54. The van der Waals surface area contributed by atoms with Gasteiger partial charge in [0.15, 0.2) is 0 Å². The van der Waals surface area contributed by atoms with Crippen molar-refractivity contribution < 1.29 is 23.4 Å². The maximum Gasteiger partial charge on any atom is 0.343 e. The monoisotopic (exact) mass is 323 g/mol. The van der Waals surface area contributed by atoms with Crippen LogP contribution in [0.1, 0.15) is 35.3 Å². The van der Waals surface area contributed by atoms with Gasteiger partial charge in [-0.3, -0.25) is 4.79 Å². The van der Waals surface area contributed by atoms with E-state index in [0.29, 0.717) is 0 Å². The van der Waals surface area contributed by atoms with Crippen LogP contribution < -0.4 is 5.43 Å². The molecule has 2 unspecified atom stereocenters. The molecule has 1 aliphatic rings. The second kappa shape index (κ2) is 5.33. The lowest BCUT2D eigenvalue weighted by Gasteiger charge is -2.15. The van der Waals surface area contributed by atoms with Crippen molar-refractivity contribution in [3.05, 3.63) is 39.4 Å². The lowest BCUT2D eigenvalue weighted by atomic mass is 10.1. The van der Waals surface area contributed by atoms with Crippen molar-refractivity contribution in [1.29, 1.82) is 0 Å². The van der Waals surface area contributed by atoms with Crippen LogP contribution in [0.4, 0.5) is 8.78 Å². The number of aromatic hydroxyl groups is 1. The van der Waals surface area contributed by atoms with Crippen LogP contribution in [0.5, 0.6) is 5.75 Å². The lowest BCUT2D eigenvalue weighted by molar-refractivity contribution is 0.0524. The zero-order valence-corrected chi connectivity index (χ0v) is 12.6. The van der Waals surface area contributed by atoms with Crippen molar-refractivity contribution in [3.8, 4) is 5.75 Å². The van der Waals surface area contributed by atoms with Gasteiger partial charge in [-0.05, 0) is 13.8 Å². The molecule has 1 N–H and O–H groups in total. The van der Waals surface area contributed by atoms with Gasteiger partial charge in [-0.1, -0.05) is 0 Å². The standard InChI is InChI=1S/C16H15F2NO4/c1-3-23-16(22)8-6-19(11-4-10(11)18)14-7(2)9(17)5-12(20)13(14)15(8)21/h5-6,10-11,20H,3-4H2,1-2H3. The van der Waals surface area contributed by atoms with Crippen LogP contribution in [0.2, 0.25) is 0 Å². The number of esters is 1. The second-order valence-electron chi connectivity index (χ2n) is 5.54. The van der Waals surface area contributed by atoms with Crippen LogP contribution in [0, 0.1) is 12.7 Å². The molecule has 0 amide bonds. The molecule has 0 saturated heterocycles. The molecule has 0 spiro atoms. The Hall–Kier alpha value is -2.44. The first kappa shape index (κ1) is 15.5. The average Bonchev–Trinajstić information content (AvgIpc) is 3.21. The minimum absolute atomic E-state index is 0.0693. The van der Waals surface area contributed by atoms with E-state index in [0.717, 1.165) is 6.07 Å². The molecule has 0 radical (unpaired) electrons. The van der Waals surface area contributed by atoms with Crippen LogP contribution in [-0.2, 0) is 4.74 Å². The van der Waals surface area contributed by atoms with Gasteiger partial charge in [-0.2, -0.15) is 0 Å². The molecule has 2 aromatic rings. The Bertz CT molecular complexity index is 875. The predicted octanol–water partition coefficient (Wildman–Crippen LogP) is 2.61. The maximum absolute atomic E-state index is 13.9. The number of carbonyl (C=O) groups excluding carboxylic acids is 1. The van der Waals surface area contributed by atoms with Crippen LogP contribution in [0.15, 0.2) is 17.1 Å². The van der Waals surface area contributed by atoms with Crippen LogP contribution in [0.3, 0.4) is 0 Å². The topological polar surface area (TPSA) is 68.5 Å². The summed E-state index contributed by atoms with van der Waals surface area (Å²) in [6.07, 6.45) is 0.260. The molecule has 1 aliphatic carbocycles. The van der Waals surface area contributed by atoms with Gasteiger partial charge in [0.05, 0.1) is 23.6 Å². The number of aryl methyl sites for hydroxylation is 1. The highest BCUT2D eigenvalue weighted by atomic mass is 19.1. The maximum atomic E-state index is 13.9. The summed E-state index contributed by atoms with van der Waals surface area (Å²) in [5, 5.41) is 9.79. The summed E-state index contributed by atoms with van der Waals surface area (Å²) in [5.41, 5.74) is -0.846. The Balaban J connectivity index is 2.40. The third kappa shape index (κ3) is 2.36. The SMILES string of the molecule is CCOC(=O)c1cn(C2CC2F)c2c(C)c(F)cc(O)c2c1=O. The minimum Gasteiger partial charge on any atom is -0.507 e. The summed E-state index contributed by atoms with van der Waals surface area (Å²) in [5.74, 6) is -2.14. The Kier molecular flexibility index (Phi) is 3.58. The van der Waals surface area contributed by atoms with E-state index in [1.165, 1.54) is 17.7 Å². The molecule has 122 valence electrons. The molecule has 23 heavy (non-hydrogen) atoms. The summed E-state index contributed by atoms with van der Waals surface area (Å²) in [4.78, 5) is 24.5.